The molecule has 0 radical (unpaired) electrons. The van der Waals surface area contributed by atoms with Gasteiger partial charge in [-0.25, -0.2) is 8.78 Å². The third-order valence-corrected chi connectivity index (χ3v) is 2.88. The van der Waals surface area contributed by atoms with Crippen molar-refractivity contribution in [3.63, 3.8) is 0 Å². The van der Waals surface area contributed by atoms with Gasteiger partial charge in [0, 0.05) is 13.6 Å². The van der Waals surface area contributed by atoms with Crippen LogP contribution < -0.4 is 4.90 Å². The van der Waals surface area contributed by atoms with Crippen LogP contribution in [0.3, 0.4) is 0 Å². The quantitative estimate of drug-likeness (QED) is 0.804. The van der Waals surface area contributed by atoms with Gasteiger partial charge in [0.15, 0.2) is 11.6 Å². The molecule has 0 aliphatic rings. The predicted octanol–water partition coefficient (Wildman–Crippen LogP) is 3.32. The molecule has 0 spiro atoms. The minimum Gasteiger partial charge on any atom is -0.372 e. The minimum atomic E-state index is -1.07. The van der Waals surface area contributed by atoms with Gasteiger partial charge in [-0.15, -0.1) is 0 Å². The Bertz CT molecular complexity index is 438. The molecule has 0 heterocycles. The fraction of sp³-hybridized carbons (Fsp3) is 0.462. The molecule has 0 N–H and O–H groups in total. The Hall–Kier alpha value is -1.63. The van der Waals surface area contributed by atoms with Crippen LogP contribution in [0.25, 0.3) is 0 Å². The van der Waals surface area contributed by atoms with Crippen molar-refractivity contribution in [2.24, 2.45) is 5.92 Å². The molecule has 2 nitrogen and oxygen atoms in total. The summed E-state index contributed by atoms with van der Waals surface area (Å²) in [6.07, 6.45) is 0.977. The SMILES string of the molecule is CCC(C)CN(C)c1ccc(C#N)c(F)c1F. The standard InChI is InChI=1S/C13H16F2N2/c1-4-9(2)8-17(3)11-6-5-10(7-16)12(14)13(11)15/h5-6,9H,4,8H2,1-3H3. The van der Waals surface area contributed by atoms with E-state index in [0.29, 0.717) is 12.5 Å². The van der Waals surface area contributed by atoms with E-state index in [1.54, 1.807) is 18.0 Å². The highest BCUT2D eigenvalue weighted by molar-refractivity contribution is 5.51. The van der Waals surface area contributed by atoms with Gasteiger partial charge in [-0.3, -0.25) is 0 Å². The van der Waals surface area contributed by atoms with Gasteiger partial charge in [-0.2, -0.15) is 5.26 Å². The number of hydrogen-bond donors (Lipinski definition) is 0. The summed E-state index contributed by atoms with van der Waals surface area (Å²) < 4.78 is 27.1. The largest absolute Gasteiger partial charge is 0.372 e. The molecule has 1 aromatic carbocycles. The maximum atomic E-state index is 13.7. The molecule has 17 heavy (non-hydrogen) atoms. The van der Waals surface area contributed by atoms with E-state index in [0.717, 1.165) is 6.42 Å². The molecule has 0 fully saturated rings. The molecule has 0 saturated heterocycles. The number of anilines is 1. The molecule has 0 amide bonds. The summed E-state index contributed by atoms with van der Waals surface area (Å²) in [6.45, 7) is 4.75. The summed E-state index contributed by atoms with van der Waals surface area (Å²) in [7, 11) is 1.72. The fourth-order valence-corrected chi connectivity index (χ4v) is 1.62. The Kier molecular flexibility index (Phi) is 4.45. The van der Waals surface area contributed by atoms with Crippen molar-refractivity contribution in [2.75, 3.05) is 18.5 Å². The van der Waals surface area contributed by atoms with Crippen molar-refractivity contribution in [2.45, 2.75) is 20.3 Å². The van der Waals surface area contributed by atoms with Gasteiger partial charge >= 0.3 is 0 Å². The lowest BCUT2D eigenvalue weighted by Gasteiger charge is -2.23. The first-order valence-electron chi connectivity index (χ1n) is 5.60. The Labute approximate surface area is 100 Å². The van der Waals surface area contributed by atoms with Crippen LogP contribution in [0, 0.1) is 28.9 Å². The Morgan fingerprint density at radius 1 is 1.35 bits per heavy atom. The monoisotopic (exact) mass is 238 g/mol. The number of benzene rings is 1. The van der Waals surface area contributed by atoms with Crippen LogP contribution in [0.2, 0.25) is 0 Å². The van der Waals surface area contributed by atoms with Crippen LogP contribution in [-0.4, -0.2) is 13.6 Å². The minimum absolute atomic E-state index is 0.196. The zero-order chi connectivity index (χ0) is 13.0. The van der Waals surface area contributed by atoms with Crippen molar-refractivity contribution in [3.05, 3.63) is 29.3 Å². The maximum Gasteiger partial charge on any atom is 0.183 e. The van der Waals surface area contributed by atoms with Gasteiger partial charge in [0.2, 0.25) is 0 Å². The molecular formula is C13H16F2N2. The highest BCUT2D eigenvalue weighted by Gasteiger charge is 2.16. The van der Waals surface area contributed by atoms with E-state index in [9.17, 15) is 8.78 Å². The zero-order valence-electron chi connectivity index (χ0n) is 10.3. The van der Waals surface area contributed by atoms with Crippen LogP contribution in [0.5, 0.6) is 0 Å². The second kappa shape index (κ2) is 5.62. The summed E-state index contributed by atoms with van der Waals surface area (Å²) in [5, 5.41) is 8.59. The summed E-state index contributed by atoms with van der Waals surface area (Å²) in [4.78, 5) is 1.67. The Balaban J connectivity index is 3.00. The van der Waals surface area contributed by atoms with Crippen LogP contribution >= 0.6 is 0 Å². The predicted molar refractivity (Wildman–Crippen MR) is 63.8 cm³/mol. The summed E-state index contributed by atoms with van der Waals surface area (Å²) in [5.41, 5.74) is -0.0648. The van der Waals surface area contributed by atoms with Gasteiger partial charge in [0.25, 0.3) is 0 Å². The maximum absolute atomic E-state index is 13.7. The van der Waals surface area contributed by atoms with Gasteiger partial charge in [0.1, 0.15) is 6.07 Å². The lowest BCUT2D eigenvalue weighted by molar-refractivity contribution is 0.498. The average Bonchev–Trinajstić information content (AvgIpc) is 2.32. The van der Waals surface area contributed by atoms with E-state index < -0.39 is 11.6 Å². The van der Waals surface area contributed by atoms with E-state index in [2.05, 4.69) is 6.92 Å². The lowest BCUT2D eigenvalue weighted by Crippen LogP contribution is -2.24. The van der Waals surface area contributed by atoms with E-state index in [-0.39, 0.29) is 11.3 Å². The molecule has 1 aromatic rings. The third kappa shape index (κ3) is 2.94. The molecule has 1 unspecified atom stereocenters. The molecule has 0 aliphatic carbocycles. The number of halogens is 2. The number of hydrogen-bond acceptors (Lipinski definition) is 2. The molecule has 0 aromatic heterocycles. The van der Waals surface area contributed by atoms with Crippen molar-refractivity contribution in [1.82, 2.24) is 0 Å². The Morgan fingerprint density at radius 3 is 2.53 bits per heavy atom. The topological polar surface area (TPSA) is 27.0 Å². The number of nitriles is 1. The van der Waals surface area contributed by atoms with Crippen LogP contribution in [0.15, 0.2) is 12.1 Å². The zero-order valence-corrected chi connectivity index (χ0v) is 10.3. The van der Waals surface area contributed by atoms with E-state index in [1.165, 1.54) is 12.1 Å². The molecule has 92 valence electrons. The van der Waals surface area contributed by atoms with Crippen LogP contribution in [0.4, 0.5) is 14.5 Å². The van der Waals surface area contributed by atoms with Crippen molar-refractivity contribution >= 4 is 5.69 Å². The van der Waals surface area contributed by atoms with Crippen LogP contribution in [-0.2, 0) is 0 Å². The summed E-state index contributed by atoms with van der Waals surface area (Å²) >= 11 is 0. The second-order valence-electron chi connectivity index (χ2n) is 4.27. The molecule has 4 heteroatoms. The van der Waals surface area contributed by atoms with E-state index in [1.807, 2.05) is 6.92 Å². The molecule has 1 rings (SSSR count). The smallest absolute Gasteiger partial charge is 0.183 e. The first kappa shape index (κ1) is 13.4. The van der Waals surface area contributed by atoms with Crippen molar-refractivity contribution < 1.29 is 8.78 Å². The number of nitrogens with zero attached hydrogens (tertiary/aromatic N) is 2. The molecule has 1 atom stereocenters. The van der Waals surface area contributed by atoms with Gasteiger partial charge in [-0.1, -0.05) is 20.3 Å². The normalized spacial score (nSPS) is 12.0. The molecular weight excluding hydrogens is 222 g/mol. The lowest BCUT2D eigenvalue weighted by atomic mass is 10.1. The van der Waals surface area contributed by atoms with Gasteiger partial charge in [0.05, 0.1) is 11.3 Å². The first-order chi connectivity index (χ1) is 8.01. The van der Waals surface area contributed by atoms with Gasteiger partial charge < -0.3 is 4.90 Å². The fourth-order valence-electron chi connectivity index (χ4n) is 1.62. The number of rotatable bonds is 4. The van der Waals surface area contributed by atoms with E-state index >= 15 is 0 Å². The summed E-state index contributed by atoms with van der Waals surface area (Å²) in [6, 6.07) is 4.37. The summed E-state index contributed by atoms with van der Waals surface area (Å²) in [5.74, 6) is -1.62. The average molecular weight is 238 g/mol. The Morgan fingerprint density at radius 2 is 2.00 bits per heavy atom. The molecule has 0 saturated carbocycles. The third-order valence-electron chi connectivity index (χ3n) is 2.88. The highest BCUT2D eigenvalue weighted by Crippen LogP contribution is 2.24. The van der Waals surface area contributed by atoms with Gasteiger partial charge in [-0.05, 0) is 18.1 Å². The highest BCUT2D eigenvalue weighted by atomic mass is 19.2. The van der Waals surface area contributed by atoms with Crippen molar-refractivity contribution in [3.8, 4) is 6.07 Å². The van der Waals surface area contributed by atoms with E-state index in [4.69, 9.17) is 5.26 Å². The van der Waals surface area contributed by atoms with Crippen molar-refractivity contribution in [1.29, 1.82) is 5.26 Å². The second-order valence-corrected chi connectivity index (χ2v) is 4.27. The van der Waals surface area contributed by atoms with Crippen LogP contribution in [0.1, 0.15) is 25.8 Å². The molecule has 0 aliphatic heterocycles. The first-order valence-corrected chi connectivity index (χ1v) is 5.60. The molecule has 0 bridgehead atoms.